The molecule has 0 unspecified atom stereocenters. The van der Waals surface area contributed by atoms with E-state index in [1.807, 2.05) is 24.4 Å². The Labute approximate surface area is 58.0 Å². The highest BCUT2D eigenvalue weighted by molar-refractivity contribution is 5.65. The van der Waals surface area contributed by atoms with Crippen molar-refractivity contribution >= 4 is 11.8 Å². The molecule has 1 aliphatic heterocycles. The molecule has 10 heavy (non-hydrogen) atoms. The molecule has 0 saturated heterocycles. The lowest BCUT2D eigenvalue weighted by molar-refractivity contribution is 0.418. The van der Waals surface area contributed by atoms with E-state index < -0.39 is 0 Å². The van der Waals surface area contributed by atoms with Crippen molar-refractivity contribution in [2.75, 3.05) is 5.32 Å². The van der Waals surface area contributed by atoms with Gasteiger partial charge in [-0.3, -0.25) is 0 Å². The van der Waals surface area contributed by atoms with Crippen LogP contribution in [0.2, 0.25) is 0 Å². The van der Waals surface area contributed by atoms with Crippen LogP contribution >= 0.6 is 0 Å². The lowest BCUT2D eigenvalue weighted by Crippen LogP contribution is -1.84. The predicted octanol–water partition coefficient (Wildman–Crippen LogP) is 1.63. The number of aromatic nitrogens is 1. The highest BCUT2D eigenvalue weighted by Crippen LogP contribution is 2.16. The van der Waals surface area contributed by atoms with E-state index in [0.717, 1.165) is 11.4 Å². The molecule has 0 radical (unpaired) electrons. The third-order valence-corrected chi connectivity index (χ3v) is 1.30. The van der Waals surface area contributed by atoms with Gasteiger partial charge in [-0.15, -0.1) is 0 Å². The fourth-order valence-electron chi connectivity index (χ4n) is 0.814. The molecule has 2 rings (SSSR count). The topological polar surface area (TPSA) is 38.1 Å². The van der Waals surface area contributed by atoms with Crippen molar-refractivity contribution < 1.29 is 4.52 Å². The van der Waals surface area contributed by atoms with Gasteiger partial charge < -0.3 is 9.84 Å². The first-order valence-electron chi connectivity index (χ1n) is 3.01. The summed E-state index contributed by atoms with van der Waals surface area (Å²) < 4.78 is 4.73. The molecule has 0 atom stereocenters. The Morgan fingerprint density at radius 3 is 3.40 bits per heavy atom. The van der Waals surface area contributed by atoms with Crippen molar-refractivity contribution in [2.45, 2.75) is 0 Å². The molecule has 3 nitrogen and oxygen atoms in total. The molecule has 1 aromatic rings. The van der Waals surface area contributed by atoms with E-state index in [-0.39, 0.29) is 0 Å². The molecule has 2 heterocycles. The van der Waals surface area contributed by atoms with E-state index in [9.17, 15) is 0 Å². The van der Waals surface area contributed by atoms with Gasteiger partial charge in [0.25, 0.3) is 0 Å². The number of hydrogen-bond acceptors (Lipinski definition) is 3. The van der Waals surface area contributed by atoms with Crippen LogP contribution in [0.5, 0.6) is 0 Å². The zero-order valence-electron chi connectivity index (χ0n) is 5.24. The third kappa shape index (κ3) is 0.719. The monoisotopic (exact) mass is 134 g/mol. The number of hydrogen-bond donors (Lipinski definition) is 1. The van der Waals surface area contributed by atoms with Gasteiger partial charge in [0, 0.05) is 6.20 Å². The highest BCUT2D eigenvalue weighted by Gasteiger charge is 2.02. The quantitative estimate of drug-likeness (QED) is 0.586. The second kappa shape index (κ2) is 2.02. The standard InChI is InChI=1S/C7H6N2O/c1-2-4-8-7-5-10-9-6(7)3-1/h1-5,8H. The molecule has 0 spiro atoms. The number of fused-ring (bicyclic) bond motifs is 1. The Kier molecular flexibility index (Phi) is 1.07. The molecule has 0 saturated carbocycles. The molecule has 1 N–H and O–H groups in total. The largest absolute Gasteiger partial charge is 0.362 e. The molecular formula is C7H6N2O. The first kappa shape index (κ1) is 5.29. The van der Waals surface area contributed by atoms with Crippen molar-refractivity contribution in [3.05, 3.63) is 30.3 Å². The maximum Gasteiger partial charge on any atom is 0.147 e. The second-order valence-corrected chi connectivity index (χ2v) is 1.98. The number of allylic oxidation sites excluding steroid dienone is 2. The minimum atomic E-state index is 0.838. The lowest BCUT2D eigenvalue weighted by Gasteiger charge is -1.90. The summed E-state index contributed by atoms with van der Waals surface area (Å²) in [5, 5.41) is 6.76. The summed E-state index contributed by atoms with van der Waals surface area (Å²) in [5.74, 6) is 0. The fourth-order valence-corrected chi connectivity index (χ4v) is 0.814. The van der Waals surface area contributed by atoms with Gasteiger partial charge in [0.2, 0.25) is 0 Å². The van der Waals surface area contributed by atoms with Gasteiger partial charge >= 0.3 is 0 Å². The van der Waals surface area contributed by atoms with Crippen LogP contribution in [0.15, 0.2) is 29.1 Å². The molecule has 0 bridgehead atoms. The first-order valence-corrected chi connectivity index (χ1v) is 3.01. The van der Waals surface area contributed by atoms with Crippen molar-refractivity contribution in [2.24, 2.45) is 0 Å². The molecule has 0 fully saturated rings. The molecule has 1 aromatic heterocycles. The number of nitrogens with zero attached hydrogens (tertiary/aromatic N) is 1. The molecular weight excluding hydrogens is 128 g/mol. The van der Waals surface area contributed by atoms with E-state index >= 15 is 0 Å². The average molecular weight is 134 g/mol. The smallest absolute Gasteiger partial charge is 0.147 e. The number of anilines is 1. The Hall–Kier alpha value is -1.51. The minimum Gasteiger partial charge on any atom is -0.362 e. The molecule has 1 aliphatic rings. The van der Waals surface area contributed by atoms with E-state index in [2.05, 4.69) is 10.5 Å². The summed E-state index contributed by atoms with van der Waals surface area (Å²) >= 11 is 0. The van der Waals surface area contributed by atoms with E-state index in [4.69, 9.17) is 4.52 Å². The molecule has 3 heteroatoms. The van der Waals surface area contributed by atoms with Gasteiger partial charge in [-0.2, -0.15) is 0 Å². The summed E-state index contributed by atoms with van der Waals surface area (Å²) in [7, 11) is 0. The molecule has 50 valence electrons. The maximum absolute atomic E-state index is 4.73. The van der Waals surface area contributed by atoms with Crippen molar-refractivity contribution in [1.29, 1.82) is 0 Å². The van der Waals surface area contributed by atoms with Crippen LogP contribution in [0.1, 0.15) is 5.69 Å². The van der Waals surface area contributed by atoms with Crippen LogP contribution in [-0.2, 0) is 0 Å². The van der Waals surface area contributed by atoms with Crippen LogP contribution in [0, 0.1) is 0 Å². The third-order valence-electron chi connectivity index (χ3n) is 1.30. The molecule has 0 amide bonds. The summed E-state index contributed by atoms with van der Waals surface area (Å²) in [5.41, 5.74) is 1.75. The van der Waals surface area contributed by atoms with Crippen LogP contribution in [-0.4, -0.2) is 5.16 Å². The summed E-state index contributed by atoms with van der Waals surface area (Å²) in [6, 6.07) is 0. The second-order valence-electron chi connectivity index (χ2n) is 1.98. The van der Waals surface area contributed by atoms with E-state index in [1.165, 1.54) is 0 Å². The minimum absolute atomic E-state index is 0.838. The molecule has 0 aromatic carbocycles. The Morgan fingerprint density at radius 1 is 1.40 bits per heavy atom. The van der Waals surface area contributed by atoms with Crippen molar-refractivity contribution in [3.63, 3.8) is 0 Å². The fraction of sp³-hybridized carbons (Fsp3) is 0. The van der Waals surface area contributed by atoms with Crippen molar-refractivity contribution in [3.8, 4) is 0 Å². The Bertz CT molecular complexity index is 286. The lowest BCUT2D eigenvalue weighted by atomic mass is 10.3. The maximum atomic E-state index is 4.73. The zero-order chi connectivity index (χ0) is 6.81. The van der Waals surface area contributed by atoms with Gasteiger partial charge in [0.15, 0.2) is 0 Å². The number of rotatable bonds is 0. The van der Waals surface area contributed by atoms with Gasteiger partial charge in [0.1, 0.15) is 17.6 Å². The van der Waals surface area contributed by atoms with E-state index in [1.54, 1.807) is 6.26 Å². The van der Waals surface area contributed by atoms with Crippen LogP contribution in [0.25, 0.3) is 6.08 Å². The summed E-state index contributed by atoms with van der Waals surface area (Å²) in [6.07, 6.45) is 9.10. The Balaban J connectivity index is 2.50. The van der Waals surface area contributed by atoms with Gasteiger partial charge in [-0.05, 0) is 12.2 Å². The summed E-state index contributed by atoms with van der Waals surface area (Å²) in [6.45, 7) is 0. The van der Waals surface area contributed by atoms with Crippen LogP contribution < -0.4 is 5.32 Å². The Morgan fingerprint density at radius 2 is 2.40 bits per heavy atom. The normalized spacial score (nSPS) is 14.0. The van der Waals surface area contributed by atoms with Crippen molar-refractivity contribution in [1.82, 2.24) is 5.16 Å². The van der Waals surface area contributed by atoms with Crippen LogP contribution in [0.4, 0.5) is 5.69 Å². The predicted molar refractivity (Wildman–Crippen MR) is 38.3 cm³/mol. The van der Waals surface area contributed by atoms with Gasteiger partial charge in [-0.1, -0.05) is 11.2 Å². The summed E-state index contributed by atoms with van der Waals surface area (Å²) in [4.78, 5) is 0. The highest BCUT2D eigenvalue weighted by atomic mass is 16.5. The first-order chi connectivity index (χ1) is 4.97. The average Bonchev–Trinajstić information content (AvgIpc) is 2.28. The molecule has 0 aliphatic carbocycles. The van der Waals surface area contributed by atoms with Crippen LogP contribution in [0.3, 0.4) is 0 Å². The van der Waals surface area contributed by atoms with E-state index in [0.29, 0.717) is 0 Å². The SMILES string of the molecule is C1=CNc2conc2C=C1. The number of nitrogens with one attached hydrogen (secondary N) is 1. The van der Waals surface area contributed by atoms with Gasteiger partial charge in [0.05, 0.1) is 0 Å². The van der Waals surface area contributed by atoms with Gasteiger partial charge in [-0.25, -0.2) is 0 Å². The zero-order valence-corrected chi connectivity index (χ0v) is 5.24.